The molecule has 1 aromatic carbocycles. The smallest absolute Gasteiger partial charge is 0.236 e. The number of likely N-dealkylation sites (tertiary alicyclic amines) is 1. The van der Waals surface area contributed by atoms with Gasteiger partial charge in [-0.3, -0.25) is 4.79 Å². The number of halogens is 2. The summed E-state index contributed by atoms with van der Waals surface area (Å²) in [4.78, 5) is 13.4. The average molecular weight is 282 g/mol. The summed E-state index contributed by atoms with van der Waals surface area (Å²) in [7, 11) is 0. The molecule has 1 aliphatic rings. The van der Waals surface area contributed by atoms with Crippen molar-refractivity contribution in [3.63, 3.8) is 0 Å². The summed E-state index contributed by atoms with van der Waals surface area (Å²) < 4.78 is 26.0. The zero-order valence-electron chi connectivity index (χ0n) is 11.4. The second kappa shape index (κ2) is 6.79. The van der Waals surface area contributed by atoms with Gasteiger partial charge in [0.25, 0.3) is 0 Å². The lowest BCUT2D eigenvalue weighted by molar-refractivity contribution is -0.131. The van der Waals surface area contributed by atoms with Crippen molar-refractivity contribution in [3.05, 3.63) is 35.4 Å². The maximum atomic E-state index is 13.1. The van der Waals surface area contributed by atoms with Gasteiger partial charge in [0.1, 0.15) is 0 Å². The molecule has 20 heavy (non-hydrogen) atoms. The molecule has 1 unspecified atom stereocenters. The summed E-state index contributed by atoms with van der Waals surface area (Å²) in [6, 6.07) is 4.03. The highest BCUT2D eigenvalue weighted by Gasteiger charge is 2.22. The first-order chi connectivity index (χ1) is 9.60. The standard InChI is InChI=1S/C15H20F2N2O/c16-13-6-5-11(8-14(13)17)3-4-12-2-1-7-19(10-12)15(20)9-18/h5-6,8,12H,1-4,7,9-10,18H2. The topological polar surface area (TPSA) is 46.3 Å². The molecule has 0 saturated carbocycles. The van der Waals surface area contributed by atoms with Crippen molar-refractivity contribution in [2.75, 3.05) is 19.6 Å². The van der Waals surface area contributed by atoms with Crippen LogP contribution in [-0.2, 0) is 11.2 Å². The Morgan fingerprint density at radius 2 is 2.15 bits per heavy atom. The Hall–Kier alpha value is -1.49. The molecule has 110 valence electrons. The molecule has 1 aromatic rings. The molecule has 1 saturated heterocycles. The van der Waals surface area contributed by atoms with Gasteiger partial charge in [-0.2, -0.15) is 0 Å². The molecule has 0 radical (unpaired) electrons. The zero-order chi connectivity index (χ0) is 14.5. The van der Waals surface area contributed by atoms with Crippen LogP contribution in [0.5, 0.6) is 0 Å². The van der Waals surface area contributed by atoms with Gasteiger partial charge in [0.15, 0.2) is 11.6 Å². The van der Waals surface area contributed by atoms with Gasteiger partial charge in [0.05, 0.1) is 6.54 Å². The Labute approximate surface area is 117 Å². The van der Waals surface area contributed by atoms with E-state index in [9.17, 15) is 13.6 Å². The van der Waals surface area contributed by atoms with Crippen molar-refractivity contribution < 1.29 is 13.6 Å². The lowest BCUT2D eigenvalue weighted by Gasteiger charge is -2.32. The number of piperidine rings is 1. The maximum absolute atomic E-state index is 13.1. The number of nitrogens with zero attached hydrogens (tertiary/aromatic N) is 1. The number of carbonyl (C=O) groups is 1. The summed E-state index contributed by atoms with van der Waals surface area (Å²) in [5.74, 6) is -1.22. The average Bonchev–Trinajstić information content (AvgIpc) is 2.48. The van der Waals surface area contributed by atoms with Crippen molar-refractivity contribution in [2.45, 2.75) is 25.7 Å². The zero-order valence-corrected chi connectivity index (χ0v) is 11.4. The van der Waals surface area contributed by atoms with E-state index in [1.54, 1.807) is 11.0 Å². The van der Waals surface area contributed by atoms with Crippen LogP contribution in [0.3, 0.4) is 0 Å². The van der Waals surface area contributed by atoms with Gasteiger partial charge in [0, 0.05) is 13.1 Å². The number of hydrogen-bond acceptors (Lipinski definition) is 2. The van der Waals surface area contributed by atoms with E-state index in [4.69, 9.17) is 5.73 Å². The molecular formula is C15H20F2N2O. The van der Waals surface area contributed by atoms with Crippen molar-refractivity contribution in [2.24, 2.45) is 11.7 Å². The second-order valence-corrected chi connectivity index (χ2v) is 5.34. The minimum Gasteiger partial charge on any atom is -0.341 e. The Kier molecular flexibility index (Phi) is 5.06. The highest BCUT2D eigenvalue weighted by molar-refractivity contribution is 5.78. The highest BCUT2D eigenvalue weighted by atomic mass is 19.2. The van der Waals surface area contributed by atoms with Gasteiger partial charge in [-0.1, -0.05) is 6.07 Å². The third-order valence-electron chi connectivity index (χ3n) is 3.87. The number of rotatable bonds is 4. The minimum atomic E-state index is -0.814. The summed E-state index contributed by atoms with van der Waals surface area (Å²) in [5, 5.41) is 0. The van der Waals surface area contributed by atoms with Crippen LogP contribution in [0.15, 0.2) is 18.2 Å². The van der Waals surface area contributed by atoms with E-state index in [0.29, 0.717) is 12.3 Å². The molecule has 1 aliphatic heterocycles. The molecule has 0 spiro atoms. The highest BCUT2D eigenvalue weighted by Crippen LogP contribution is 2.22. The van der Waals surface area contributed by atoms with Gasteiger partial charge >= 0.3 is 0 Å². The fraction of sp³-hybridized carbons (Fsp3) is 0.533. The van der Waals surface area contributed by atoms with E-state index < -0.39 is 11.6 Å². The molecule has 1 fully saturated rings. The molecule has 2 rings (SSSR count). The predicted molar refractivity (Wildman–Crippen MR) is 73.0 cm³/mol. The molecule has 1 heterocycles. The first kappa shape index (κ1) is 14.9. The van der Waals surface area contributed by atoms with Gasteiger partial charge in [-0.25, -0.2) is 8.78 Å². The third kappa shape index (κ3) is 3.76. The molecule has 2 N–H and O–H groups in total. The van der Waals surface area contributed by atoms with Crippen LogP contribution in [0.2, 0.25) is 0 Å². The van der Waals surface area contributed by atoms with Crippen LogP contribution >= 0.6 is 0 Å². The molecular weight excluding hydrogens is 262 g/mol. The van der Waals surface area contributed by atoms with E-state index in [0.717, 1.165) is 44.0 Å². The predicted octanol–water partition coefficient (Wildman–Crippen LogP) is 2.09. The van der Waals surface area contributed by atoms with Crippen LogP contribution in [0, 0.1) is 17.6 Å². The number of carbonyl (C=O) groups excluding carboxylic acids is 1. The van der Waals surface area contributed by atoms with Crippen LogP contribution < -0.4 is 5.73 Å². The summed E-state index contributed by atoms with van der Waals surface area (Å²) in [6.45, 7) is 1.55. The number of nitrogens with two attached hydrogens (primary N) is 1. The molecule has 1 amide bonds. The van der Waals surface area contributed by atoms with Crippen molar-refractivity contribution in [3.8, 4) is 0 Å². The largest absolute Gasteiger partial charge is 0.341 e. The third-order valence-corrected chi connectivity index (χ3v) is 3.87. The van der Waals surface area contributed by atoms with E-state index in [2.05, 4.69) is 0 Å². The van der Waals surface area contributed by atoms with Crippen molar-refractivity contribution in [1.29, 1.82) is 0 Å². The van der Waals surface area contributed by atoms with Crippen LogP contribution in [0.4, 0.5) is 8.78 Å². The molecule has 0 aromatic heterocycles. The monoisotopic (exact) mass is 282 g/mol. The second-order valence-electron chi connectivity index (χ2n) is 5.34. The number of aryl methyl sites for hydroxylation is 1. The lowest BCUT2D eigenvalue weighted by Crippen LogP contribution is -2.42. The molecule has 0 bridgehead atoms. The van der Waals surface area contributed by atoms with Crippen LogP contribution in [0.1, 0.15) is 24.8 Å². The number of benzene rings is 1. The normalized spacial score (nSPS) is 19.1. The van der Waals surface area contributed by atoms with Crippen molar-refractivity contribution in [1.82, 2.24) is 4.90 Å². The first-order valence-corrected chi connectivity index (χ1v) is 7.02. The molecule has 5 heteroatoms. The van der Waals surface area contributed by atoms with Crippen molar-refractivity contribution >= 4 is 5.91 Å². The molecule has 3 nitrogen and oxygen atoms in total. The Bertz CT molecular complexity index is 479. The van der Waals surface area contributed by atoms with E-state index in [1.807, 2.05) is 0 Å². The van der Waals surface area contributed by atoms with Gasteiger partial charge in [0.2, 0.25) is 5.91 Å². The van der Waals surface area contributed by atoms with E-state index >= 15 is 0 Å². The summed E-state index contributed by atoms with van der Waals surface area (Å²) in [5.41, 5.74) is 6.17. The summed E-state index contributed by atoms with van der Waals surface area (Å²) in [6.07, 6.45) is 3.62. The van der Waals surface area contributed by atoms with Gasteiger partial charge in [-0.05, 0) is 49.3 Å². The lowest BCUT2D eigenvalue weighted by atomic mass is 9.91. The SMILES string of the molecule is NCC(=O)N1CCCC(CCc2ccc(F)c(F)c2)C1. The Balaban J connectivity index is 1.87. The van der Waals surface area contributed by atoms with E-state index in [1.165, 1.54) is 6.07 Å². The summed E-state index contributed by atoms with van der Waals surface area (Å²) >= 11 is 0. The maximum Gasteiger partial charge on any atom is 0.236 e. The van der Waals surface area contributed by atoms with E-state index in [-0.39, 0.29) is 12.5 Å². The van der Waals surface area contributed by atoms with Crippen LogP contribution in [0.25, 0.3) is 0 Å². The number of amides is 1. The molecule has 1 atom stereocenters. The van der Waals surface area contributed by atoms with Crippen LogP contribution in [-0.4, -0.2) is 30.4 Å². The van der Waals surface area contributed by atoms with Gasteiger partial charge in [-0.15, -0.1) is 0 Å². The first-order valence-electron chi connectivity index (χ1n) is 7.02. The Morgan fingerprint density at radius 1 is 1.35 bits per heavy atom. The molecule has 0 aliphatic carbocycles. The number of hydrogen-bond donors (Lipinski definition) is 1. The fourth-order valence-electron chi connectivity index (χ4n) is 2.72. The fourth-order valence-corrected chi connectivity index (χ4v) is 2.72. The quantitative estimate of drug-likeness (QED) is 0.919. The minimum absolute atomic E-state index is 0.0115. The Morgan fingerprint density at radius 3 is 2.85 bits per heavy atom. The van der Waals surface area contributed by atoms with Gasteiger partial charge < -0.3 is 10.6 Å².